The number of aliphatic imine (C=N–C) groups is 1. The smallest absolute Gasteiger partial charge is 0.332 e. The molecule has 3 N–H and O–H groups in total. The van der Waals surface area contributed by atoms with Crippen LogP contribution in [0.15, 0.2) is 28.8 Å². The number of morpholine rings is 1. The van der Waals surface area contributed by atoms with Crippen LogP contribution in [0.4, 0.5) is 5.69 Å². The van der Waals surface area contributed by atoms with E-state index in [0.717, 1.165) is 56.9 Å². The highest BCUT2D eigenvalue weighted by molar-refractivity contribution is 6.02. The first kappa shape index (κ1) is 16.7. The number of aryl methyl sites for hydroxylation is 1. The Kier molecular flexibility index (Phi) is 5.27. The Morgan fingerprint density at radius 3 is 2.88 bits per heavy atom. The molecule has 3 rings (SSSR count). The topological polar surface area (TPSA) is 88.1 Å². The summed E-state index contributed by atoms with van der Waals surface area (Å²) in [6, 6.07) is 6.00. The van der Waals surface area contributed by atoms with Crippen molar-refractivity contribution in [3.05, 3.63) is 34.9 Å². The molecule has 0 saturated carbocycles. The van der Waals surface area contributed by atoms with Crippen LogP contribution in [0.3, 0.4) is 0 Å². The van der Waals surface area contributed by atoms with E-state index < -0.39 is 5.97 Å². The van der Waals surface area contributed by atoms with Gasteiger partial charge < -0.3 is 15.6 Å². The van der Waals surface area contributed by atoms with Gasteiger partial charge in [0.05, 0.1) is 18.9 Å². The maximum absolute atomic E-state index is 11.2. The van der Waals surface area contributed by atoms with Crippen molar-refractivity contribution in [2.75, 3.05) is 32.8 Å². The molecule has 1 aromatic carbocycles. The fourth-order valence-corrected chi connectivity index (χ4v) is 3.06. The van der Waals surface area contributed by atoms with Gasteiger partial charge in [0.2, 0.25) is 0 Å². The van der Waals surface area contributed by atoms with Crippen LogP contribution in [0, 0.1) is 0 Å². The van der Waals surface area contributed by atoms with Crippen LogP contribution in [0.2, 0.25) is 0 Å². The molecule has 6 heteroatoms. The Bertz CT molecular complexity index is 676. The number of carbonyl (C=O) groups is 1. The fourth-order valence-electron chi connectivity index (χ4n) is 3.06. The van der Waals surface area contributed by atoms with Crippen molar-refractivity contribution in [2.45, 2.75) is 19.3 Å². The van der Waals surface area contributed by atoms with E-state index in [1.54, 1.807) is 6.08 Å². The summed E-state index contributed by atoms with van der Waals surface area (Å²) >= 11 is 0. The molecular formula is C18H23N3O3. The summed E-state index contributed by atoms with van der Waals surface area (Å²) in [7, 11) is 0. The van der Waals surface area contributed by atoms with Gasteiger partial charge in [-0.2, -0.15) is 0 Å². The first-order valence-corrected chi connectivity index (χ1v) is 8.32. The van der Waals surface area contributed by atoms with Crippen LogP contribution in [-0.4, -0.2) is 54.7 Å². The molecule has 0 bridgehead atoms. The minimum absolute atomic E-state index is 0.177. The molecule has 24 heavy (non-hydrogen) atoms. The summed E-state index contributed by atoms with van der Waals surface area (Å²) in [5.41, 5.74) is 8.89. The Morgan fingerprint density at radius 1 is 1.33 bits per heavy atom. The molecule has 2 heterocycles. The largest absolute Gasteiger partial charge is 0.478 e. The number of rotatable bonds is 5. The van der Waals surface area contributed by atoms with E-state index in [2.05, 4.69) is 9.89 Å². The maximum Gasteiger partial charge on any atom is 0.332 e. The van der Waals surface area contributed by atoms with E-state index in [1.165, 1.54) is 5.56 Å². The van der Waals surface area contributed by atoms with Crippen molar-refractivity contribution in [2.24, 2.45) is 10.7 Å². The lowest BCUT2D eigenvalue weighted by Gasteiger charge is -2.26. The second-order valence-electron chi connectivity index (χ2n) is 6.21. The molecule has 1 saturated heterocycles. The molecule has 2 aliphatic heterocycles. The van der Waals surface area contributed by atoms with E-state index in [4.69, 9.17) is 10.5 Å². The minimum Gasteiger partial charge on any atom is -0.478 e. The van der Waals surface area contributed by atoms with Gasteiger partial charge >= 0.3 is 5.97 Å². The number of carboxylic acid groups (broad SMARTS) is 1. The third-order valence-corrected chi connectivity index (χ3v) is 4.38. The Labute approximate surface area is 141 Å². The second-order valence-corrected chi connectivity index (χ2v) is 6.21. The Hall–Kier alpha value is -2.18. The third-order valence-electron chi connectivity index (χ3n) is 4.38. The van der Waals surface area contributed by atoms with Crippen molar-refractivity contribution in [3.8, 4) is 0 Å². The number of hydrogen-bond acceptors (Lipinski definition) is 5. The molecular weight excluding hydrogens is 306 g/mol. The summed E-state index contributed by atoms with van der Waals surface area (Å²) in [6.45, 7) is 4.73. The predicted molar refractivity (Wildman–Crippen MR) is 93.5 cm³/mol. The molecule has 6 nitrogen and oxygen atoms in total. The minimum atomic E-state index is -0.949. The molecule has 0 amide bonds. The van der Waals surface area contributed by atoms with Crippen LogP contribution in [-0.2, 0) is 16.0 Å². The normalized spacial score (nSPS) is 18.3. The van der Waals surface area contributed by atoms with E-state index in [9.17, 15) is 9.90 Å². The summed E-state index contributed by atoms with van der Waals surface area (Å²) < 4.78 is 5.36. The van der Waals surface area contributed by atoms with Gasteiger partial charge in [0, 0.05) is 30.6 Å². The van der Waals surface area contributed by atoms with Crippen LogP contribution in [0.1, 0.15) is 24.0 Å². The summed E-state index contributed by atoms with van der Waals surface area (Å²) in [5.74, 6) is -0.608. The van der Waals surface area contributed by atoms with Gasteiger partial charge in [-0.3, -0.25) is 4.90 Å². The number of hydrogen-bond donors (Lipinski definition) is 2. The van der Waals surface area contributed by atoms with Gasteiger partial charge in [-0.05, 0) is 37.1 Å². The van der Waals surface area contributed by atoms with Crippen molar-refractivity contribution < 1.29 is 14.6 Å². The summed E-state index contributed by atoms with van der Waals surface area (Å²) in [6.07, 6.45) is 3.89. The first-order valence-electron chi connectivity index (χ1n) is 8.32. The molecule has 0 aliphatic carbocycles. The zero-order valence-corrected chi connectivity index (χ0v) is 13.7. The number of nitrogens with zero attached hydrogens (tertiary/aromatic N) is 2. The number of ether oxygens (including phenoxy) is 1. The highest BCUT2D eigenvalue weighted by Gasteiger charge is 2.15. The number of fused-ring (bicyclic) bond motifs is 1. The van der Waals surface area contributed by atoms with Crippen molar-refractivity contribution in [1.29, 1.82) is 0 Å². The average Bonchev–Trinajstić information content (AvgIpc) is 2.73. The van der Waals surface area contributed by atoms with E-state index in [0.29, 0.717) is 5.84 Å². The molecule has 1 fully saturated rings. The van der Waals surface area contributed by atoms with Gasteiger partial charge in [-0.25, -0.2) is 9.79 Å². The second kappa shape index (κ2) is 7.59. The number of carboxylic acids is 1. The number of nitrogens with two attached hydrogens (primary N) is 1. The van der Waals surface area contributed by atoms with Crippen LogP contribution in [0.5, 0.6) is 0 Å². The number of amidine groups is 1. The van der Waals surface area contributed by atoms with Crippen molar-refractivity contribution in [3.63, 3.8) is 0 Å². The molecule has 0 aromatic heterocycles. The molecule has 2 aliphatic rings. The van der Waals surface area contributed by atoms with Crippen molar-refractivity contribution in [1.82, 2.24) is 4.90 Å². The Morgan fingerprint density at radius 2 is 2.12 bits per heavy atom. The molecule has 1 aromatic rings. The van der Waals surface area contributed by atoms with Gasteiger partial charge in [0.25, 0.3) is 0 Å². The fraction of sp³-hybridized carbons (Fsp3) is 0.444. The quantitative estimate of drug-likeness (QED) is 0.860. The summed E-state index contributed by atoms with van der Waals surface area (Å²) in [5, 5.41) is 9.21. The van der Waals surface area contributed by atoms with Crippen LogP contribution < -0.4 is 5.73 Å². The summed E-state index contributed by atoms with van der Waals surface area (Å²) in [4.78, 5) is 18.0. The molecule has 0 spiro atoms. The molecule has 0 radical (unpaired) electrons. The van der Waals surface area contributed by atoms with E-state index in [1.807, 2.05) is 18.2 Å². The lowest BCUT2D eigenvalue weighted by atomic mass is 10.0. The standard InChI is InChI=1S/C18H23N3O3/c19-17-12-15(18(22)23)11-14-4-3-13(10-16(14)20-17)2-1-5-21-6-8-24-9-7-21/h3-4,10-11H,1-2,5-9,12H2,(H2,19,20)(H,22,23). The molecule has 0 unspecified atom stereocenters. The average molecular weight is 329 g/mol. The van der Waals surface area contributed by atoms with Gasteiger partial charge in [0.1, 0.15) is 5.84 Å². The first-order chi connectivity index (χ1) is 11.6. The molecule has 128 valence electrons. The lowest BCUT2D eigenvalue weighted by molar-refractivity contribution is -0.132. The maximum atomic E-state index is 11.2. The van der Waals surface area contributed by atoms with E-state index in [-0.39, 0.29) is 12.0 Å². The van der Waals surface area contributed by atoms with Crippen molar-refractivity contribution >= 4 is 23.6 Å². The third kappa shape index (κ3) is 4.21. The highest BCUT2D eigenvalue weighted by Crippen LogP contribution is 2.28. The SMILES string of the molecule is NC1=Nc2cc(CCCN3CCOCC3)ccc2C=C(C(=O)O)C1. The molecule has 0 atom stereocenters. The zero-order valence-electron chi connectivity index (χ0n) is 13.7. The monoisotopic (exact) mass is 329 g/mol. The lowest BCUT2D eigenvalue weighted by Crippen LogP contribution is -2.36. The van der Waals surface area contributed by atoms with Crippen LogP contribution >= 0.6 is 0 Å². The van der Waals surface area contributed by atoms with E-state index >= 15 is 0 Å². The number of aliphatic carboxylic acids is 1. The van der Waals surface area contributed by atoms with Gasteiger partial charge in [0.15, 0.2) is 0 Å². The van der Waals surface area contributed by atoms with Gasteiger partial charge in [-0.1, -0.05) is 12.1 Å². The Balaban J connectivity index is 1.67. The van der Waals surface area contributed by atoms with Gasteiger partial charge in [-0.15, -0.1) is 0 Å². The highest BCUT2D eigenvalue weighted by atomic mass is 16.5. The van der Waals surface area contributed by atoms with Crippen LogP contribution in [0.25, 0.3) is 6.08 Å². The zero-order chi connectivity index (χ0) is 16.9. The number of benzene rings is 1. The predicted octanol–water partition coefficient (Wildman–Crippen LogP) is 1.81.